The van der Waals surface area contributed by atoms with Gasteiger partial charge in [-0.25, -0.2) is 19.8 Å². The SMILES string of the molecule is Cc1cc(C2=NC=C3C(NC(C(=O)O)C4CC4)=COCC4=C3N2CC4)nc(CO)n1. The number of carboxylic acids is 1. The van der Waals surface area contributed by atoms with Crippen LogP contribution in [-0.2, 0) is 16.1 Å². The molecule has 5 rings (SSSR count). The lowest BCUT2D eigenvalue weighted by atomic mass is 10.0. The molecule has 0 amide bonds. The Hall–Kier alpha value is -3.20. The molecule has 4 heterocycles. The largest absolute Gasteiger partial charge is 0.495 e. The van der Waals surface area contributed by atoms with Crippen molar-refractivity contribution in [3.05, 3.63) is 58.3 Å². The number of aliphatic hydroxyl groups is 1. The number of aromatic nitrogens is 2. The molecule has 3 N–H and O–H groups in total. The number of amidine groups is 1. The first-order valence-electron chi connectivity index (χ1n) is 10.1. The maximum Gasteiger partial charge on any atom is 0.326 e. The summed E-state index contributed by atoms with van der Waals surface area (Å²) in [6, 6.07) is 1.21. The van der Waals surface area contributed by atoms with Gasteiger partial charge in [0.05, 0.1) is 11.4 Å². The molecule has 1 aromatic heterocycles. The number of carboxylic acid groups (broad SMARTS) is 1. The Morgan fingerprint density at radius 2 is 2.23 bits per heavy atom. The smallest absolute Gasteiger partial charge is 0.326 e. The zero-order valence-corrected chi connectivity index (χ0v) is 16.6. The highest BCUT2D eigenvalue weighted by Crippen LogP contribution is 2.39. The fraction of sp³-hybridized carbons (Fsp3) is 0.429. The monoisotopic (exact) mass is 409 g/mol. The first-order valence-corrected chi connectivity index (χ1v) is 10.1. The number of ether oxygens (including phenoxy) is 1. The molecule has 9 nitrogen and oxygen atoms in total. The normalized spacial score (nSPS) is 21.1. The van der Waals surface area contributed by atoms with E-state index in [0.717, 1.165) is 48.3 Å². The maximum atomic E-state index is 11.7. The van der Waals surface area contributed by atoms with Gasteiger partial charge in [0.25, 0.3) is 0 Å². The van der Waals surface area contributed by atoms with E-state index in [4.69, 9.17) is 4.74 Å². The molecule has 1 atom stereocenters. The molecular weight excluding hydrogens is 386 g/mol. The van der Waals surface area contributed by atoms with Crippen molar-refractivity contribution in [2.45, 2.75) is 38.8 Å². The number of aliphatic carboxylic acids is 1. The Balaban J connectivity index is 1.54. The lowest BCUT2D eigenvalue weighted by Gasteiger charge is -2.30. The highest BCUT2D eigenvalue weighted by Gasteiger charge is 2.40. The Morgan fingerprint density at radius 3 is 2.97 bits per heavy atom. The van der Waals surface area contributed by atoms with Crippen LogP contribution in [0.15, 0.2) is 46.1 Å². The van der Waals surface area contributed by atoms with Gasteiger partial charge in [0.1, 0.15) is 31.2 Å². The third-order valence-electron chi connectivity index (χ3n) is 5.76. The van der Waals surface area contributed by atoms with Crippen LogP contribution < -0.4 is 5.32 Å². The van der Waals surface area contributed by atoms with Gasteiger partial charge in [-0.05, 0) is 43.7 Å². The van der Waals surface area contributed by atoms with Crippen molar-refractivity contribution >= 4 is 11.8 Å². The van der Waals surface area contributed by atoms with Crippen molar-refractivity contribution in [2.75, 3.05) is 13.2 Å². The number of aliphatic hydroxyl groups excluding tert-OH is 1. The van der Waals surface area contributed by atoms with Gasteiger partial charge in [-0.3, -0.25) is 0 Å². The fourth-order valence-corrected chi connectivity index (χ4v) is 4.21. The molecule has 0 bridgehead atoms. The highest BCUT2D eigenvalue weighted by molar-refractivity contribution is 6.00. The summed E-state index contributed by atoms with van der Waals surface area (Å²) in [5.41, 5.74) is 5.04. The molecule has 9 heteroatoms. The molecule has 4 aliphatic rings. The molecule has 0 radical (unpaired) electrons. The number of hydrogen-bond acceptors (Lipinski definition) is 8. The van der Waals surface area contributed by atoms with Crippen molar-refractivity contribution in [3.8, 4) is 0 Å². The van der Waals surface area contributed by atoms with Crippen LogP contribution in [0.3, 0.4) is 0 Å². The molecule has 1 unspecified atom stereocenters. The predicted molar refractivity (Wildman–Crippen MR) is 107 cm³/mol. The third-order valence-corrected chi connectivity index (χ3v) is 5.76. The van der Waals surface area contributed by atoms with Gasteiger partial charge < -0.3 is 25.2 Å². The van der Waals surface area contributed by atoms with Crippen molar-refractivity contribution in [1.29, 1.82) is 0 Å². The summed E-state index contributed by atoms with van der Waals surface area (Å²) in [7, 11) is 0. The van der Waals surface area contributed by atoms with E-state index in [1.807, 2.05) is 13.0 Å². The Morgan fingerprint density at radius 1 is 1.40 bits per heavy atom. The summed E-state index contributed by atoms with van der Waals surface area (Å²) in [5, 5.41) is 22.3. The lowest BCUT2D eigenvalue weighted by molar-refractivity contribution is -0.139. The lowest BCUT2D eigenvalue weighted by Crippen LogP contribution is -2.40. The van der Waals surface area contributed by atoms with Crippen molar-refractivity contribution < 1.29 is 19.7 Å². The average Bonchev–Trinajstić information content (AvgIpc) is 3.50. The van der Waals surface area contributed by atoms with Crippen molar-refractivity contribution in [1.82, 2.24) is 20.2 Å². The van der Waals surface area contributed by atoms with Crippen molar-refractivity contribution in [3.63, 3.8) is 0 Å². The van der Waals surface area contributed by atoms with E-state index >= 15 is 0 Å². The fourth-order valence-electron chi connectivity index (χ4n) is 4.21. The number of carbonyl (C=O) groups is 1. The van der Waals surface area contributed by atoms with Crippen LogP contribution in [0.1, 0.15) is 36.5 Å². The predicted octanol–water partition coefficient (Wildman–Crippen LogP) is 1.21. The maximum absolute atomic E-state index is 11.7. The number of aliphatic imine (C=N–C) groups is 1. The number of hydrogen-bond donors (Lipinski definition) is 3. The number of rotatable bonds is 6. The van der Waals surface area contributed by atoms with E-state index < -0.39 is 12.0 Å². The molecule has 0 spiro atoms. The number of nitrogens with zero attached hydrogens (tertiary/aromatic N) is 4. The summed E-state index contributed by atoms with van der Waals surface area (Å²) in [5.74, 6) is 0.343. The van der Waals surface area contributed by atoms with Crippen molar-refractivity contribution in [2.24, 2.45) is 10.9 Å². The molecule has 30 heavy (non-hydrogen) atoms. The van der Waals surface area contributed by atoms with Gasteiger partial charge in [-0.1, -0.05) is 0 Å². The van der Waals surface area contributed by atoms with Crippen LogP contribution >= 0.6 is 0 Å². The molecule has 0 saturated heterocycles. The summed E-state index contributed by atoms with van der Waals surface area (Å²) >= 11 is 0. The first-order chi connectivity index (χ1) is 14.5. The second-order valence-electron chi connectivity index (χ2n) is 7.96. The van der Waals surface area contributed by atoms with Gasteiger partial charge in [0, 0.05) is 24.0 Å². The van der Waals surface area contributed by atoms with E-state index in [9.17, 15) is 15.0 Å². The highest BCUT2D eigenvalue weighted by atomic mass is 16.5. The van der Waals surface area contributed by atoms with E-state index in [2.05, 4.69) is 25.2 Å². The summed E-state index contributed by atoms with van der Waals surface area (Å²) in [6.45, 7) is 2.81. The quantitative estimate of drug-likeness (QED) is 0.641. The van der Waals surface area contributed by atoms with Gasteiger partial charge in [-0.15, -0.1) is 0 Å². The minimum atomic E-state index is -0.853. The van der Waals surface area contributed by atoms with E-state index in [0.29, 0.717) is 29.7 Å². The molecular formula is C21H23N5O4. The molecule has 1 saturated carbocycles. The summed E-state index contributed by atoms with van der Waals surface area (Å²) < 4.78 is 5.75. The van der Waals surface area contributed by atoms with Gasteiger partial charge in [0.15, 0.2) is 11.7 Å². The second-order valence-corrected chi connectivity index (χ2v) is 7.96. The van der Waals surface area contributed by atoms with Crippen LogP contribution in [0.2, 0.25) is 0 Å². The number of nitrogens with one attached hydrogen (secondary N) is 1. The molecule has 156 valence electrons. The van der Waals surface area contributed by atoms with Crippen LogP contribution in [0.4, 0.5) is 0 Å². The minimum Gasteiger partial charge on any atom is -0.495 e. The topological polar surface area (TPSA) is 120 Å². The van der Waals surface area contributed by atoms with Gasteiger partial charge in [-0.2, -0.15) is 0 Å². The summed E-state index contributed by atoms with van der Waals surface area (Å²) in [6.07, 6.45) is 6.02. The Bertz CT molecular complexity index is 1040. The van der Waals surface area contributed by atoms with E-state index in [1.54, 1.807) is 12.5 Å². The Kier molecular flexibility index (Phi) is 4.54. The van der Waals surface area contributed by atoms with Crippen LogP contribution in [-0.4, -0.2) is 56.1 Å². The first kappa shape index (κ1) is 18.8. The minimum absolute atomic E-state index is 0.143. The number of aryl methyl sites for hydroxylation is 1. The summed E-state index contributed by atoms with van der Waals surface area (Å²) in [4.78, 5) is 27.2. The van der Waals surface area contributed by atoms with E-state index in [1.165, 1.54) is 0 Å². The molecule has 1 aliphatic carbocycles. The van der Waals surface area contributed by atoms with Crippen LogP contribution in [0, 0.1) is 12.8 Å². The zero-order valence-electron chi connectivity index (χ0n) is 16.6. The third kappa shape index (κ3) is 3.24. The van der Waals surface area contributed by atoms with Crippen LogP contribution in [0.5, 0.6) is 0 Å². The molecule has 3 aliphatic heterocycles. The molecule has 1 aromatic rings. The molecule has 0 aromatic carbocycles. The average molecular weight is 409 g/mol. The van der Waals surface area contributed by atoms with E-state index in [-0.39, 0.29) is 12.5 Å². The Labute approximate surface area is 173 Å². The second kappa shape index (κ2) is 7.24. The van der Waals surface area contributed by atoms with Crippen LogP contribution in [0.25, 0.3) is 0 Å². The van der Waals surface area contributed by atoms with Gasteiger partial charge >= 0.3 is 5.97 Å². The standard InChI is InChI=1S/C21H23N5O4/c1-11-6-15(24-17(8-27)23-11)20-22-7-14-16(25-18(21(28)29)12-2-3-12)10-30-9-13-4-5-26(20)19(13)14/h6-7,10,12,18,25,27H,2-5,8-9H2,1H3,(H,28,29). The van der Waals surface area contributed by atoms with Gasteiger partial charge in [0.2, 0.25) is 0 Å². The zero-order chi connectivity index (χ0) is 20.8. The molecule has 1 fully saturated rings.